The largest absolute Gasteiger partial charge is 0.383 e. The summed E-state index contributed by atoms with van der Waals surface area (Å²) in [5, 5.41) is 1.02. The summed E-state index contributed by atoms with van der Waals surface area (Å²) in [6.45, 7) is 4.72. The van der Waals surface area contributed by atoms with Gasteiger partial charge in [-0.2, -0.15) is 0 Å². The molecule has 25 heavy (non-hydrogen) atoms. The Balaban J connectivity index is 1.77. The second-order valence-corrected chi connectivity index (χ2v) is 8.87. The smallest absolute Gasteiger partial charge is 0.268 e. The fourth-order valence-electron chi connectivity index (χ4n) is 3.18. The molecule has 2 aliphatic heterocycles. The zero-order chi connectivity index (χ0) is 17.8. The van der Waals surface area contributed by atoms with Crippen molar-refractivity contribution in [2.75, 3.05) is 32.6 Å². The summed E-state index contributed by atoms with van der Waals surface area (Å²) in [5.74, 6) is 0.474. The predicted octanol–water partition coefficient (Wildman–Crippen LogP) is 2.03. The Hall–Kier alpha value is -0.990. The number of methoxy groups -OCH3 is 1. The maximum atomic E-state index is 12.8. The fourth-order valence-corrected chi connectivity index (χ4v) is 5.24. The van der Waals surface area contributed by atoms with Gasteiger partial charge < -0.3 is 9.64 Å². The Morgan fingerprint density at radius 1 is 1.36 bits per heavy atom. The predicted molar refractivity (Wildman–Crippen MR) is 101 cm³/mol. The summed E-state index contributed by atoms with van der Waals surface area (Å²) in [6, 6.07) is 0. The molecule has 2 aliphatic rings. The number of piperidine rings is 1. The maximum Gasteiger partial charge on any atom is 0.268 e. The van der Waals surface area contributed by atoms with E-state index in [4.69, 9.17) is 9.72 Å². The Morgan fingerprint density at radius 3 is 2.84 bits per heavy atom. The van der Waals surface area contributed by atoms with E-state index in [2.05, 4.69) is 6.92 Å². The topological polar surface area (TPSA) is 64.4 Å². The van der Waals surface area contributed by atoms with Crippen LogP contribution < -0.4 is 5.56 Å². The number of likely N-dealkylation sites (tertiary alicyclic amines) is 1. The van der Waals surface area contributed by atoms with Crippen molar-refractivity contribution in [2.45, 2.75) is 54.5 Å². The Morgan fingerprint density at radius 2 is 2.12 bits per heavy atom. The minimum atomic E-state index is 0.00400. The number of carbonyl (C=O) groups is 1. The molecule has 0 aromatic carbocycles. The lowest BCUT2D eigenvalue weighted by molar-refractivity contribution is -0.129. The Labute approximate surface area is 156 Å². The number of hydrogen-bond donors (Lipinski definition) is 0. The molecule has 1 fully saturated rings. The molecule has 6 nitrogen and oxygen atoms in total. The van der Waals surface area contributed by atoms with Crippen molar-refractivity contribution >= 4 is 29.4 Å². The maximum absolute atomic E-state index is 12.8. The highest BCUT2D eigenvalue weighted by Gasteiger charge is 2.27. The fraction of sp³-hybridized carbons (Fsp3) is 0.706. The number of carbonyl (C=O) groups excluding carboxylic acids is 1. The molecular formula is C17H25N3O3S2. The van der Waals surface area contributed by atoms with Crippen molar-refractivity contribution in [1.82, 2.24) is 14.5 Å². The SMILES string of the molecule is COCCn1c(SCC(=O)N2CCCCC2)nc2c(c1=O)S[C@H](C)C2. The third-order valence-electron chi connectivity index (χ3n) is 4.52. The van der Waals surface area contributed by atoms with E-state index >= 15 is 0 Å². The van der Waals surface area contributed by atoms with E-state index in [1.807, 2.05) is 4.90 Å². The highest BCUT2D eigenvalue weighted by atomic mass is 32.2. The first kappa shape index (κ1) is 18.8. The van der Waals surface area contributed by atoms with Crippen LogP contribution in [0.4, 0.5) is 0 Å². The van der Waals surface area contributed by atoms with Crippen LogP contribution in [0.3, 0.4) is 0 Å². The number of amides is 1. The molecule has 0 unspecified atom stereocenters. The first-order chi connectivity index (χ1) is 12.1. The molecule has 1 amide bonds. The lowest BCUT2D eigenvalue weighted by atomic mass is 10.1. The molecule has 3 rings (SSSR count). The summed E-state index contributed by atoms with van der Waals surface area (Å²) >= 11 is 2.98. The van der Waals surface area contributed by atoms with Crippen molar-refractivity contribution in [1.29, 1.82) is 0 Å². The molecule has 0 spiro atoms. The van der Waals surface area contributed by atoms with Crippen molar-refractivity contribution in [3.8, 4) is 0 Å². The van der Waals surface area contributed by atoms with Crippen molar-refractivity contribution in [3.63, 3.8) is 0 Å². The van der Waals surface area contributed by atoms with Gasteiger partial charge in [0.2, 0.25) is 5.91 Å². The van der Waals surface area contributed by atoms with E-state index in [1.165, 1.54) is 18.2 Å². The second kappa shape index (κ2) is 8.60. The van der Waals surface area contributed by atoms with Gasteiger partial charge in [0.1, 0.15) is 0 Å². The average Bonchev–Trinajstić information content (AvgIpc) is 3.00. The molecule has 1 aromatic heterocycles. The van der Waals surface area contributed by atoms with E-state index in [0.717, 1.165) is 42.9 Å². The number of fused-ring (bicyclic) bond motifs is 1. The van der Waals surface area contributed by atoms with Crippen molar-refractivity contribution in [2.24, 2.45) is 0 Å². The number of nitrogens with zero attached hydrogens (tertiary/aromatic N) is 3. The molecule has 3 heterocycles. The highest BCUT2D eigenvalue weighted by molar-refractivity contribution is 8.00. The number of rotatable bonds is 6. The molecule has 1 atom stereocenters. The Bertz CT molecular complexity index is 686. The van der Waals surface area contributed by atoms with Gasteiger partial charge in [-0.15, -0.1) is 11.8 Å². The third kappa shape index (κ3) is 4.41. The van der Waals surface area contributed by atoms with Crippen LogP contribution in [0.25, 0.3) is 0 Å². The summed E-state index contributed by atoms with van der Waals surface area (Å²) in [6.07, 6.45) is 4.19. The summed E-state index contributed by atoms with van der Waals surface area (Å²) in [4.78, 5) is 32.6. The zero-order valence-electron chi connectivity index (χ0n) is 14.8. The normalized spacial score (nSPS) is 19.9. The number of aromatic nitrogens is 2. The average molecular weight is 384 g/mol. The molecule has 138 valence electrons. The van der Waals surface area contributed by atoms with Gasteiger partial charge in [-0.1, -0.05) is 18.7 Å². The summed E-state index contributed by atoms with van der Waals surface area (Å²) in [7, 11) is 1.62. The van der Waals surface area contributed by atoms with Crippen molar-refractivity contribution < 1.29 is 9.53 Å². The van der Waals surface area contributed by atoms with Crippen LogP contribution in [0.1, 0.15) is 31.9 Å². The van der Waals surface area contributed by atoms with Gasteiger partial charge in [0, 0.05) is 31.9 Å². The van der Waals surface area contributed by atoms with Gasteiger partial charge in [-0.05, 0) is 19.3 Å². The minimum Gasteiger partial charge on any atom is -0.383 e. The van der Waals surface area contributed by atoms with E-state index in [-0.39, 0.29) is 11.5 Å². The standard InChI is InChI=1S/C17H25N3O3S2/c1-12-10-13-15(25-12)16(22)20(8-9-23-2)17(18-13)24-11-14(21)19-6-4-3-5-7-19/h12H,3-11H2,1-2H3/t12-/m1/s1. The molecule has 0 aliphatic carbocycles. The molecule has 0 N–H and O–H groups in total. The van der Waals surface area contributed by atoms with Crippen LogP contribution in [0, 0.1) is 0 Å². The van der Waals surface area contributed by atoms with Gasteiger partial charge in [0.05, 0.1) is 29.5 Å². The first-order valence-corrected chi connectivity index (χ1v) is 10.7. The van der Waals surface area contributed by atoms with Gasteiger partial charge in [0.25, 0.3) is 5.56 Å². The van der Waals surface area contributed by atoms with Gasteiger partial charge >= 0.3 is 0 Å². The molecular weight excluding hydrogens is 358 g/mol. The van der Waals surface area contributed by atoms with Crippen LogP contribution in [0.5, 0.6) is 0 Å². The van der Waals surface area contributed by atoms with Gasteiger partial charge in [-0.3, -0.25) is 14.2 Å². The molecule has 1 saturated heterocycles. The van der Waals surface area contributed by atoms with Gasteiger partial charge in [0.15, 0.2) is 5.16 Å². The van der Waals surface area contributed by atoms with Crippen LogP contribution >= 0.6 is 23.5 Å². The minimum absolute atomic E-state index is 0.00400. The van der Waals surface area contributed by atoms with Gasteiger partial charge in [-0.25, -0.2) is 4.98 Å². The molecule has 1 aromatic rings. The van der Waals surface area contributed by atoms with E-state index in [9.17, 15) is 9.59 Å². The lowest BCUT2D eigenvalue weighted by Gasteiger charge is -2.26. The molecule has 0 bridgehead atoms. The van der Waals surface area contributed by atoms with E-state index < -0.39 is 0 Å². The first-order valence-electron chi connectivity index (χ1n) is 8.80. The van der Waals surface area contributed by atoms with Crippen LogP contribution in [0.2, 0.25) is 0 Å². The van der Waals surface area contributed by atoms with E-state index in [0.29, 0.717) is 29.3 Å². The third-order valence-corrected chi connectivity index (χ3v) is 6.69. The lowest BCUT2D eigenvalue weighted by Crippen LogP contribution is -2.37. The monoisotopic (exact) mass is 383 g/mol. The van der Waals surface area contributed by atoms with Crippen molar-refractivity contribution in [3.05, 3.63) is 16.0 Å². The van der Waals surface area contributed by atoms with Crippen LogP contribution in [0.15, 0.2) is 14.8 Å². The summed E-state index contributed by atoms with van der Waals surface area (Å²) in [5.41, 5.74) is 0.883. The quantitative estimate of drug-likeness (QED) is 0.553. The van der Waals surface area contributed by atoms with Crippen LogP contribution in [-0.2, 0) is 22.5 Å². The Kier molecular flexibility index (Phi) is 6.46. The zero-order valence-corrected chi connectivity index (χ0v) is 16.5. The number of thioether (sulfide) groups is 2. The summed E-state index contributed by atoms with van der Waals surface area (Å²) < 4.78 is 6.81. The molecule has 8 heteroatoms. The number of hydrogen-bond acceptors (Lipinski definition) is 6. The highest BCUT2D eigenvalue weighted by Crippen LogP contribution is 2.34. The molecule has 0 saturated carbocycles. The van der Waals surface area contributed by atoms with E-state index in [1.54, 1.807) is 23.4 Å². The molecule has 0 radical (unpaired) electrons. The second-order valence-electron chi connectivity index (χ2n) is 6.48. The number of ether oxygens (including phenoxy) is 1. The van der Waals surface area contributed by atoms with Crippen LogP contribution in [-0.4, -0.2) is 58.2 Å².